The van der Waals surface area contributed by atoms with E-state index in [1.54, 1.807) is 6.20 Å². The highest BCUT2D eigenvalue weighted by Crippen LogP contribution is 2.06. The minimum atomic E-state index is 0.233. The van der Waals surface area contributed by atoms with Gasteiger partial charge >= 0.3 is 0 Å². The number of hydrogen-bond acceptors (Lipinski definition) is 3. The van der Waals surface area contributed by atoms with Crippen molar-refractivity contribution >= 4 is 0 Å². The number of hydrogen-bond donors (Lipinski definition) is 2. The van der Waals surface area contributed by atoms with Gasteiger partial charge in [-0.3, -0.25) is 0 Å². The highest BCUT2D eigenvalue weighted by atomic mass is 16.3. The summed E-state index contributed by atoms with van der Waals surface area (Å²) in [5, 5.41) is 12.4. The molecule has 1 unspecified atom stereocenters. The maximum Gasteiger partial charge on any atom is 0.122 e. The fraction of sp³-hybridized carbons (Fsp3) is 0.727. The number of aryl methyl sites for hydroxylation is 1. The van der Waals surface area contributed by atoms with E-state index in [1.165, 1.54) is 0 Å². The predicted molar refractivity (Wildman–Crippen MR) is 60.4 cm³/mol. The molecule has 15 heavy (non-hydrogen) atoms. The third-order valence-corrected chi connectivity index (χ3v) is 2.69. The predicted octanol–water partition coefficient (Wildman–Crippen LogP) is 0.917. The molecule has 0 saturated heterocycles. The molecule has 0 saturated carbocycles. The molecule has 1 aromatic rings. The van der Waals surface area contributed by atoms with Crippen molar-refractivity contribution in [1.82, 2.24) is 14.9 Å². The third-order valence-electron chi connectivity index (χ3n) is 2.69. The molecule has 1 heterocycles. The van der Waals surface area contributed by atoms with Crippen LogP contribution >= 0.6 is 0 Å². The molecule has 86 valence electrons. The van der Waals surface area contributed by atoms with Crippen LogP contribution in [-0.4, -0.2) is 27.3 Å². The molecule has 0 aliphatic heterocycles. The maximum atomic E-state index is 8.94. The van der Waals surface area contributed by atoms with Gasteiger partial charge in [0.05, 0.1) is 6.54 Å². The Bertz CT molecular complexity index is 283. The molecule has 2 N–H and O–H groups in total. The van der Waals surface area contributed by atoms with Crippen LogP contribution in [0.3, 0.4) is 0 Å². The van der Waals surface area contributed by atoms with Crippen molar-refractivity contribution in [2.45, 2.75) is 32.9 Å². The Morgan fingerprint density at radius 1 is 1.53 bits per heavy atom. The van der Waals surface area contributed by atoms with Crippen LogP contribution in [0.2, 0.25) is 0 Å². The van der Waals surface area contributed by atoms with E-state index in [0.29, 0.717) is 12.0 Å². The minimum Gasteiger partial charge on any atom is -0.396 e. The van der Waals surface area contributed by atoms with Crippen molar-refractivity contribution < 1.29 is 5.11 Å². The number of aliphatic hydroxyl groups excluding tert-OH is 1. The van der Waals surface area contributed by atoms with Gasteiger partial charge < -0.3 is 15.0 Å². The topological polar surface area (TPSA) is 50.1 Å². The summed E-state index contributed by atoms with van der Waals surface area (Å²) in [4.78, 5) is 4.25. The van der Waals surface area contributed by atoms with Crippen LogP contribution in [0.25, 0.3) is 0 Å². The Morgan fingerprint density at radius 2 is 2.27 bits per heavy atom. The Hall–Kier alpha value is -0.870. The van der Waals surface area contributed by atoms with Crippen LogP contribution < -0.4 is 5.32 Å². The first-order valence-corrected chi connectivity index (χ1v) is 5.45. The summed E-state index contributed by atoms with van der Waals surface area (Å²) in [7, 11) is 1.99. The molecule has 0 bridgehead atoms. The lowest BCUT2D eigenvalue weighted by Crippen LogP contribution is -2.34. The largest absolute Gasteiger partial charge is 0.396 e. The standard InChI is InChI=1S/C11H21N3O/c1-9(2)10(4-7-15)13-8-11-12-5-6-14(11)3/h5-6,9-10,13,15H,4,7-8H2,1-3H3. The normalized spacial score (nSPS) is 13.4. The fourth-order valence-corrected chi connectivity index (χ4v) is 1.60. The van der Waals surface area contributed by atoms with Crippen LogP contribution in [0.1, 0.15) is 26.1 Å². The summed E-state index contributed by atoms with van der Waals surface area (Å²) < 4.78 is 2.00. The number of aliphatic hydroxyl groups is 1. The summed E-state index contributed by atoms with van der Waals surface area (Å²) >= 11 is 0. The van der Waals surface area contributed by atoms with Crippen LogP contribution in [0.15, 0.2) is 12.4 Å². The number of aromatic nitrogens is 2. The molecule has 0 aromatic carbocycles. The van der Waals surface area contributed by atoms with E-state index in [2.05, 4.69) is 24.1 Å². The van der Waals surface area contributed by atoms with Gasteiger partial charge in [-0.1, -0.05) is 13.8 Å². The summed E-state index contributed by atoms with van der Waals surface area (Å²) in [6, 6.07) is 0.353. The quantitative estimate of drug-likeness (QED) is 0.735. The summed E-state index contributed by atoms with van der Waals surface area (Å²) in [5.41, 5.74) is 0. The first kappa shape index (κ1) is 12.2. The van der Waals surface area contributed by atoms with E-state index in [-0.39, 0.29) is 6.61 Å². The number of nitrogens with zero attached hydrogens (tertiary/aromatic N) is 2. The van der Waals surface area contributed by atoms with Crippen molar-refractivity contribution in [2.24, 2.45) is 13.0 Å². The monoisotopic (exact) mass is 211 g/mol. The van der Waals surface area contributed by atoms with Crippen LogP contribution in [0.5, 0.6) is 0 Å². The molecule has 0 radical (unpaired) electrons. The molecule has 1 rings (SSSR count). The van der Waals surface area contributed by atoms with E-state index in [0.717, 1.165) is 18.8 Å². The third kappa shape index (κ3) is 3.64. The van der Waals surface area contributed by atoms with E-state index in [4.69, 9.17) is 5.11 Å². The Kier molecular flexibility index (Phi) is 4.78. The van der Waals surface area contributed by atoms with Crippen molar-refractivity contribution in [3.05, 3.63) is 18.2 Å². The maximum absolute atomic E-state index is 8.94. The SMILES string of the molecule is CC(C)C(CCO)NCc1nccn1C. The van der Waals surface area contributed by atoms with Crippen molar-refractivity contribution in [2.75, 3.05) is 6.61 Å². The van der Waals surface area contributed by atoms with E-state index < -0.39 is 0 Å². The van der Waals surface area contributed by atoms with Gasteiger partial charge in [-0.2, -0.15) is 0 Å². The first-order chi connectivity index (χ1) is 7.15. The Labute approximate surface area is 91.3 Å². The van der Waals surface area contributed by atoms with Crippen molar-refractivity contribution in [1.29, 1.82) is 0 Å². The van der Waals surface area contributed by atoms with Crippen LogP contribution in [-0.2, 0) is 13.6 Å². The fourth-order valence-electron chi connectivity index (χ4n) is 1.60. The second-order valence-corrected chi connectivity index (χ2v) is 4.20. The van der Waals surface area contributed by atoms with Crippen LogP contribution in [0, 0.1) is 5.92 Å². The zero-order chi connectivity index (χ0) is 11.3. The number of nitrogens with one attached hydrogen (secondary N) is 1. The molecule has 0 amide bonds. The highest BCUT2D eigenvalue weighted by molar-refractivity contribution is 4.91. The van der Waals surface area contributed by atoms with Gasteiger partial charge in [-0.05, 0) is 12.3 Å². The van der Waals surface area contributed by atoms with Gasteiger partial charge in [0.2, 0.25) is 0 Å². The minimum absolute atomic E-state index is 0.233. The average molecular weight is 211 g/mol. The van der Waals surface area contributed by atoms with Gasteiger partial charge in [0.15, 0.2) is 0 Å². The lowest BCUT2D eigenvalue weighted by atomic mass is 10.0. The second-order valence-electron chi connectivity index (χ2n) is 4.20. The molecular formula is C11H21N3O. The molecule has 0 aliphatic rings. The van der Waals surface area contributed by atoms with Crippen molar-refractivity contribution in [3.8, 4) is 0 Å². The molecule has 4 heteroatoms. The zero-order valence-corrected chi connectivity index (χ0v) is 9.77. The molecular weight excluding hydrogens is 190 g/mol. The summed E-state index contributed by atoms with van der Waals surface area (Å²) in [5.74, 6) is 1.55. The zero-order valence-electron chi connectivity index (χ0n) is 9.77. The van der Waals surface area contributed by atoms with Crippen molar-refractivity contribution in [3.63, 3.8) is 0 Å². The Morgan fingerprint density at radius 3 is 2.73 bits per heavy atom. The second kappa shape index (κ2) is 5.88. The van der Waals surface area contributed by atoms with E-state index in [1.807, 2.05) is 17.8 Å². The molecule has 0 aliphatic carbocycles. The Balaban J connectivity index is 2.43. The summed E-state index contributed by atoms with van der Waals surface area (Å²) in [6.45, 7) is 5.31. The number of rotatable bonds is 6. The molecule has 1 aromatic heterocycles. The van der Waals surface area contributed by atoms with E-state index in [9.17, 15) is 0 Å². The van der Waals surface area contributed by atoms with Crippen LogP contribution in [0.4, 0.5) is 0 Å². The van der Waals surface area contributed by atoms with Gasteiger partial charge in [0.25, 0.3) is 0 Å². The van der Waals surface area contributed by atoms with E-state index >= 15 is 0 Å². The average Bonchev–Trinajstić information content (AvgIpc) is 2.58. The molecule has 0 fully saturated rings. The van der Waals surface area contributed by atoms with Gasteiger partial charge in [-0.15, -0.1) is 0 Å². The van der Waals surface area contributed by atoms with Gasteiger partial charge in [0, 0.05) is 32.1 Å². The molecule has 4 nitrogen and oxygen atoms in total. The first-order valence-electron chi connectivity index (χ1n) is 5.45. The summed E-state index contributed by atoms with van der Waals surface area (Å²) in [6.07, 6.45) is 4.53. The van der Waals surface area contributed by atoms with Gasteiger partial charge in [-0.25, -0.2) is 4.98 Å². The molecule has 0 spiro atoms. The highest BCUT2D eigenvalue weighted by Gasteiger charge is 2.12. The van der Waals surface area contributed by atoms with Gasteiger partial charge in [0.1, 0.15) is 5.82 Å². The smallest absolute Gasteiger partial charge is 0.122 e. The lowest BCUT2D eigenvalue weighted by molar-refractivity contribution is 0.243. The number of imidazole rings is 1. The molecule has 1 atom stereocenters. The lowest BCUT2D eigenvalue weighted by Gasteiger charge is -2.21.